The first-order chi connectivity index (χ1) is 8.80. The van der Waals surface area contributed by atoms with Crippen molar-refractivity contribution in [2.45, 2.75) is 32.7 Å². The minimum absolute atomic E-state index is 0.0777. The average molecular weight is 336 g/mol. The number of carbonyl (C=O) groups excluding carboxylic acids is 3. The molecule has 0 rings (SSSR count). The highest BCUT2D eigenvalue weighted by Gasteiger charge is 2.50. The highest BCUT2D eigenvalue weighted by molar-refractivity contribution is 9.11. The van der Waals surface area contributed by atoms with Gasteiger partial charge in [-0.05, 0) is 18.3 Å². The van der Waals surface area contributed by atoms with Crippen LogP contribution >= 0.6 is 15.9 Å². The van der Waals surface area contributed by atoms with Crippen molar-refractivity contribution in [3.63, 3.8) is 0 Å². The molecule has 1 amide bonds. The van der Waals surface area contributed by atoms with Gasteiger partial charge in [0.25, 0.3) is 0 Å². The highest BCUT2D eigenvalue weighted by atomic mass is 79.9. The van der Waals surface area contributed by atoms with Gasteiger partial charge in [0, 0.05) is 13.3 Å². The minimum Gasteiger partial charge on any atom is -0.464 e. The third-order valence-corrected chi connectivity index (χ3v) is 2.37. The number of hydrogen-bond donors (Lipinski definition) is 1. The molecular weight excluding hydrogens is 318 g/mol. The lowest BCUT2D eigenvalue weighted by Gasteiger charge is -2.29. The van der Waals surface area contributed by atoms with Crippen LogP contribution in [-0.2, 0) is 23.9 Å². The molecule has 1 N–H and O–H groups in total. The summed E-state index contributed by atoms with van der Waals surface area (Å²) in [6, 6.07) is 0. The summed E-state index contributed by atoms with van der Waals surface area (Å²) in [7, 11) is 0. The van der Waals surface area contributed by atoms with Crippen LogP contribution in [0.3, 0.4) is 0 Å². The maximum Gasteiger partial charge on any atom is 0.344 e. The minimum atomic E-state index is -1.90. The zero-order valence-electron chi connectivity index (χ0n) is 11.2. The lowest BCUT2D eigenvalue weighted by atomic mass is 9.95. The van der Waals surface area contributed by atoms with Gasteiger partial charge in [0.15, 0.2) is 0 Å². The van der Waals surface area contributed by atoms with Gasteiger partial charge in [0.05, 0.1) is 13.2 Å². The van der Waals surface area contributed by atoms with Crippen LogP contribution in [0.2, 0.25) is 0 Å². The van der Waals surface area contributed by atoms with Crippen LogP contribution in [0.5, 0.6) is 0 Å². The van der Waals surface area contributed by atoms with E-state index in [4.69, 9.17) is 9.47 Å². The van der Waals surface area contributed by atoms with E-state index in [1.165, 1.54) is 6.92 Å². The molecule has 0 spiro atoms. The molecule has 19 heavy (non-hydrogen) atoms. The maximum absolute atomic E-state index is 12.1. The third-order valence-electron chi connectivity index (χ3n) is 2.09. The molecule has 7 heteroatoms. The zero-order valence-corrected chi connectivity index (χ0v) is 12.8. The Morgan fingerprint density at radius 2 is 1.58 bits per heavy atom. The molecule has 0 fully saturated rings. The number of halogens is 1. The molecule has 6 nitrogen and oxygen atoms in total. The number of hydrogen-bond acceptors (Lipinski definition) is 5. The molecule has 0 aromatic heterocycles. The van der Waals surface area contributed by atoms with E-state index >= 15 is 0 Å². The second-order valence-electron chi connectivity index (χ2n) is 3.72. The molecular formula is C12H18BrNO5. The number of carbonyl (C=O) groups is 3. The van der Waals surface area contributed by atoms with Crippen molar-refractivity contribution >= 4 is 33.8 Å². The first kappa shape index (κ1) is 17.6. The summed E-state index contributed by atoms with van der Waals surface area (Å²) in [5.41, 5.74) is -1.90. The average Bonchev–Trinajstić information content (AvgIpc) is 2.27. The topological polar surface area (TPSA) is 81.7 Å². The monoisotopic (exact) mass is 335 g/mol. The van der Waals surface area contributed by atoms with Crippen molar-refractivity contribution in [1.29, 1.82) is 0 Å². The van der Waals surface area contributed by atoms with Crippen LogP contribution in [0.1, 0.15) is 27.2 Å². The molecule has 0 aliphatic rings. The summed E-state index contributed by atoms with van der Waals surface area (Å²) in [4.78, 5) is 35.4. The first-order valence-corrected chi connectivity index (χ1v) is 6.55. The molecule has 0 atom stereocenters. The fourth-order valence-corrected chi connectivity index (χ4v) is 1.89. The van der Waals surface area contributed by atoms with Crippen LogP contribution in [0.4, 0.5) is 0 Å². The summed E-state index contributed by atoms with van der Waals surface area (Å²) in [6.07, 6.45) is -0.149. The Morgan fingerprint density at radius 1 is 1.16 bits per heavy atom. The van der Waals surface area contributed by atoms with Crippen molar-refractivity contribution in [2.75, 3.05) is 13.2 Å². The standard InChI is InChI=1S/C12H18BrNO5/c1-5-18-10(16)12(7-8(3)13,14-9(4)15)11(17)19-6-2/h3,5-7H2,1-2,4H3,(H,14,15). The Labute approximate surface area is 120 Å². The Hall–Kier alpha value is -1.37. The molecule has 0 aromatic carbocycles. The van der Waals surface area contributed by atoms with E-state index in [1.54, 1.807) is 13.8 Å². The van der Waals surface area contributed by atoms with Gasteiger partial charge < -0.3 is 14.8 Å². The van der Waals surface area contributed by atoms with Crippen LogP contribution in [0, 0.1) is 0 Å². The number of esters is 2. The van der Waals surface area contributed by atoms with Crippen molar-refractivity contribution in [3.05, 3.63) is 11.1 Å². The predicted molar refractivity (Wildman–Crippen MR) is 72.5 cm³/mol. The summed E-state index contributed by atoms with van der Waals surface area (Å²) >= 11 is 3.08. The highest BCUT2D eigenvalue weighted by Crippen LogP contribution is 2.23. The lowest BCUT2D eigenvalue weighted by Crippen LogP contribution is -2.61. The largest absolute Gasteiger partial charge is 0.464 e. The Morgan fingerprint density at radius 3 is 1.84 bits per heavy atom. The fraction of sp³-hybridized carbons (Fsp3) is 0.583. The number of rotatable bonds is 7. The molecule has 0 saturated carbocycles. The zero-order chi connectivity index (χ0) is 15.1. The van der Waals surface area contributed by atoms with Crippen molar-refractivity contribution in [2.24, 2.45) is 0 Å². The fourth-order valence-electron chi connectivity index (χ4n) is 1.47. The smallest absolute Gasteiger partial charge is 0.344 e. The number of amides is 1. The molecule has 0 aliphatic heterocycles. The molecule has 0 aliphatic carbocycles. The van der Waals surface area contributed by atoms with Gasteiger partial charge in [0.2, 0.25) is 11.4 Å². The predicted octanol–water partition coefficient (Wildman–Crippen LogP) is 1.29. The first-order valence-electron chi connectivity index (χ1n) is 5.76. The molecule has 0 bridgehead atoms. The molecule has 0 heterocycles. The van der Waals surface area contributed by atoms with Gasteiger partial charge in [-0.15, -0.1) is 0 Å². The van der Waals surface area contributed by atoms with E-state index in [1.807, 2.05) is 0 Å². The molecule has 0 radical (unpaired) electrons. The van der Waals surface area contributed by atoms with Crippen LogP contribution in [0.15, 0.2) is 11.1 Å². The van der Waals surface area contributed by atoms with Crippen molar-refractivity contribution < 1.29 is 23.9 Å². The normalized spacial score (nSPS) is 10.5. The van der Waals surface area contributed by atoms with Crippen molar-refractivity contribution in [3.8, 4) is 0 Å². The van der Waals surface area contributed by atoms with E-state index in [2.05, 4.69) is 27.8 Å². The van der Waals surface area contributed by atoms with Crippen LogP contribution < -0.4 is 5.32 Å². The van der Waals surface area contributed by atoms with E-state index in [9.17, 15) is 14.4 Å². The van der Waals surface area contributed by atoms with Crippen molar-refractivity contribution in [1.82, 2.24) is 5.32 Å². The third kappa shape index (κ3) is 5.02. The second-order valence-corrected chi connectivity index (χ2v) is 4.84. The molecule has 108 valence electrons. The summed E-state index contributed by atoms with van der Waals surface area (Å²) in [6.45, 7) is 8.14. The van der Waals surface area contributed by atoms with Gasteiger partial charge in [-0.1, -0.05) is 22.5 Å². The van der Waals surface area contributed by atoms with Crippen LogP contribution in [0.25, 0.3) is 0 Å². The maximum atomic E-state index is 12.1. The number of ether oxygens (including phenoxy) is 2. The van der Waals surface area contributed by atoms with Gasteiger partial charge >= 0.3 is 11.9 Å². The Kier molecular flexibility index (Phi) is 7.36. The Bertz CT molecular complexity index is 344. The summed E-state index contributed by atoms with van der Waals surface area (Å²) < 4.78 is 10.1. The molecule has 0 unspecified atom stereocenters. The SMILES string of the molecule is C=C(Br)CC(NC(C)=O)(C(=O)OCC)C(=O)OCC. The second kappa shape index (κ2) is 7.93. The lowest BCUT2D eigenvalue weighted by molar-refractivity contribution is -0.167. The van der Waals surface area contributed by atoms with Crippen LogP contribution in [-0.4, -0.2) is 36.6 Å². The number of nitrogens with one attached hydrogen (secondary N) is 1. The molecule has 0 aromatic rings. The van der Waals surface area contributed by atoms with E-state index in [0.717, 1.165) is 0 Å². The quantitative estimate of drug-likeness (QED) is 0.560. The van der Waals surface area contributed by atoms with Gasteiger partial charge in [-0.2, -0.15) is 0 Å². The van der Waals surface area contributed by atoms with E-state index in [0.29, 0.717) is 4.48 Å². The van der Waals surface area contributed by atoms with E-state index < -0.39 is 23.4 Å². The van der Waals surface area contributed by atoms with Gasteiger partial charge in [0.1, 0.15) is 0 Å². The van der Waals surface area contributed by atoms with Gasteiger partial charge in [-0.3, -0.25) is 4.79 Å². The summed E-state index contributed by atoms with van der Waals surface area (Å²) in [5.74, 6) is -2.29. The van der Waals surface area contributed by atoms with E-state index in [-0.39, 0.29) is 19.6 Å². The van der Waals surface area contributed by atoms with Gasteiger partial charge in [-0.25, -0.2) is 9.59 Å². The molecule has 0 saturated heterocycles. The Balaban J connectivity index is 5.54. The summed E-state index contributed by atoms with van der Waals surface area (Å²) in [5, 5.41) is 2.32.